The molecule has 2 aromatic rings. The van der Waals surface area contributed by atoms with Gasteiger partial charge in [0.25, 0.3) is 0 Å². The summed E-state index contributed by atoms with van der Waals surface area (Å²) in [5, 5.41) is 0. The topological polar surface area (TPSA) is 38.8 Å². The average molecular weight is 327 g/mol. The molecule has 0 bridgehead atoms. The van der Waals surface area contributed by atoms with Crippen molar-refractivity contribution < 1.29 is 14.3 Å². The van der Waals surface area contributed by atoms with Crippen LogP contribution in [0.4, 0.5) is 5.69 Å². The lowest BCUT2D eigenvalue weighted by atomic mass is 10.1. The number of nitrogens with zero attached hydrogens (tertiary/aromatic N) is 1. The monoisotopic (exact) mass is 327 g/mol. The van der Waals surface area contributed by atoms with E-state index < -0.39 is 0 Å². The van der Waals surface area contributed by atoms with Crippen molar-refractivity contribution in [3.63, 3.8) is 0 Å². The number of benzene rings is 2. The lowest BCUT2D eigenvalue weighted by molar-refractivity contribution is -0.118. The highest BCUT2D eigenvalue weighted by Gasteiger charge is 2.16. The van der Waals surface area contributed by atoms with Gasteiger partial charge in [0.05, 0.1) is 20.6 Å². The molecule has 0 radical (unpaired) electrons. The highest BCUT2D eigenvalue weighted by atomic mass is 16.5. The Morgan fingerprint density at radius 2 is 1.79 bits per heavy atom. The fourth-order valence-corrected chi connectivity index (χ4v) is 2.68. The Morgan fingerprint density at radius 1 is 1.04 bits per heavy atom. The third kappa shape index (κ3) is 4.28. The molecule has 0 saturated heterocycles. The van der Waals surface area contributed by atoms with Gasteiger partial charge in [0.15, 0.2) is 11.5 Å². The molecule has 0 atom stereocenters. The molecule has 0 N–H and O–H groups in total. The van der Waals surface area contributed by atoms with Crippen LogP contribution in [0.3, 0.4) is 0 Å². The summed E-state index contributed by atoms with van der Waals surface area (Å²) in [7, 11) is 3.20. The predicted molar refractivity (Wildman–Crippen MR) is 97.1 cm³/mol. The van der Waals surface area contributed by atoms with Crippen LogP contribution in [0.1, 0.15) is 24.5 Å². The van der Waals surface area contributed by atoms with Gasteiger partial charge in [0, 0.05) is 12.2 Å². The zero-order chi connectivity index (χ0) is 17.5. The number of anilines is 1. The molecule has 2 aromatic carbocycles. The Bertz CT molecular complexity index is 697. The van der Waals surface area contributed by atoms with Gasteiger partial charge < -0.3 is 14.4 Å². The van der Waals surface area contributed by atoms with Crippen molar-refractivity contribution in [2.24, 2.45) is 0 Å². The van der Waals surface area contributed by atoms with E-state index in [0.717, 1.165) is 23.2 Å². The molecule has 0 aromatic heterocycles. The van der Waals surface area contributed by atoms with Gasteiger partial charge in [0.2, 0.25) is 5.91 Å². The van der Waals surface area contributed by atoms with E-state index in [2.05, 4.69) is 6.92 Å². The molecule has 4 heteroatoms. The first-order chi connectivity index (χ1) is 11.6. The van der Waals surface area contributed by atoms with Crippen LogP contribution in [0, 0.1) is 6.92 Å². The van der Waals surface area contributed by atoms with E-state index in [-0.39, 0.29) is 5.91 Å². The molecule has 4 nitrogen and oxygen atoms in total. The van der Waals surface area contributed by atoms with Crippen molar-refractivity contribution in [1.82, 2.24) is 0 Å². The number of carbonyl (C=O) groups is 1. The highest BCUT2D eigenvalue weighted by molar-refractivity contribution is 5.94. The SMILES string of the molecule is CCCN(C(=O)Cc1ccc(OC)c(OC)c1)c1cccc(C)c1. The van der Waals surface area contributed by atoms with Crippen molar-refractivity contribution in [3.8, 4) is 11.5 Å². The molecule has 0 fully saturated rings. The van der Waals surface area contributed by atoms with E-state index in [1.54, 1.807) is 14.2 Å². The number of hydrogen-bond acceptors (Lipinski definition) is 3. The number of carbonyl (C=O) groups excluding carboxylic acids is 1. The lowest BCUT2D eigenvalue weighted by Gasteiger charge is -2.23. The molecule has 0 spiro atoms. The number of ether oxygens (including phenoxy) is 2. The van der Waals surface area contributed by atoms with Crippen molar-refractivity contribution >= 4 is 11.6 Å². The quantitative estimate of drug-likeness (QED) is 0.771. The fraction of sp³-hybridized carbons (Fsp3) is 0.350. The van der Waals surface area contributed by atoms with Crippen molar-refractivity contribution in [3.05, 3.63) is 53.6 Å². The predicted octanol–water partition coefficient (Wildman–Crippen LogP) is 4.00. The van der Waals surface area contributed by atoms with E-state index >= 15 is 0 Å². The van der Waals surface area contributed by atoms with Crippen LogP contribution in [-0.4, -0.2) is 26.7 Å². The van der Waals surface area contributed by atoms with E-state index in [1.807, 2.05) is 54.3 Å². The molecular formula is C20H25NO3. The third-order valence-electron chi connectivity index (χ3n) is 3.86. The number of rotatable bonds is 7. The second-order valence-electron chi connectivity index (χ2n) is 5.75. The van der Waals surface area contributed by atoms with E-state index in [4.69, 9.17) is 9.47 Å². The summed E-state index contributed by atoms with van der Waals surface area (Å²) in [6, 6.07) is 13.6. The van der Waals surface area contributed by atoms with Crippen molar-refractivity contribution in [2.45, 2.75) is 26.7 Å². The Balaban J connectivity index is 2.22. The van der Waals surface area contributed by atoms with Gasteiger partial charge in [-0.15, -0.1) is 0 Å². The Labute approximate surface area is 144 Å². The van der Waals surface area contributed by atoms with E-state index in [1.165, 1.54) is 0 Å². The van der Waals surface area contributed by atoms with Crippen LogP contribution >= 0.6 is 0 Å². The average Bonchev–Trinajstić information content (AvgIpc) is 2.59. The van der Waals surface area contributed by atoms with Crippen molar-refractivity contribution in [1.29, 1.82) is 0 Å². The van der Waals surface area contributed by atoms with Crippen LogP contribution in [0.2, 0.25) is 0 Å². The van der Waals surface area contributed by atoms with Gasteiger partial charge >= 0.3 is 0 Å². The molecule has 1 amide bonds. The number of amides is 1. The van der Waals surface area contributed by atoms with Gasteiger partial charge in [-0.3, -0.25) is 4.79 Å². The maximum absolute atomic E-state index is 12.8. The van der Waals surface area contributed by atoms with Crippen LogP contribution in [0.5, 0.6) is 11.5 Å². The van der Waals surface area contributed by atoms with Gasteiger partial charge in [0.1, 0.15) is 0 Å². The number of aryl methyl sites for hydroxylation is 1. The maximum Gasteiger partial charge on any atom is 0.231 e. The minimum atomic E-state index is 0.0784. The molecule has 128 valence electrons. The Hall–Kier alpha value is -2.49. The van der Waals surface area contributed by atoms with Crippen LogP contribution in [-0.2, 0) is 11.2 Å². The van der Waals surface area contributed by atoms with Gasteiger partial charge in [-0.1, -0.05) is 25.1 Å². The van der Waals surface area contributed by atoms with Gasteiger partial charge in [-0.2, -0.15) is 0 Å². The number of methoxy groups -OCH3 is 2. The number of hydrogen-bond donors (Lipinski definition) is 0. The first-order valence-electron chi connectivity index (χ1n) is 8.17. The smallest absolute Gasteiger partial charge is 0.231 e. The zero-order valence-electron chi connectivity index (χ0n) is 14.8. The van der Waals surface area contributed by atoms with Crippen molar-refractivity contribution in [2.75, 3.05) is 25.7 Å². The van der Waals surface area contributed by atoms with Crippen LogP contribution in [0.15, 0.2) is 42.5 Å². The molecule has 0 aliphatic rings. The first-order valence-corrected chi connectivity index (χ1v) is 8.17. The third-order valence-corrected chi connectivity index (χ3v) is 3.86. The second-order valence-corrected chi connectivity index (χ2v) is 5.75. The largest absolute Gasteiger partial charge is 0.493 e. The summed E-state index contributed by atoms with van der Waals surface area (Å²) in [5.74, 6) is 1.38. The lowest BCUT2D eigenvalue weighted by Crippen LogP contribution is -2.33. The molecule has 0 aliphatic carbocycles. The summed E-state index contributed by atoms with van der Waals surface area (Å²) in [4.78, 5) is 14.7. The minimum Gasteiger partial charge on any atom is -0.493 e. The summed E-state index contributed by atoms with van der Waals surface area (Å²) in [6.45, 7) is 4.81. The van der Waals surface area contributed by atoms with Crippen LogP contribution in [0.25, 0.3) is 0 Å². The standard InChI is InChI=1S/C20H25NO3/c1-5-11-21(17-8-6-7-15(2)12-17)20(22)14-16-9-10-18(23-3)19(13-16)24-4/h6-10,12-13H,5,11,14H2,1-4H3. The van der Waals surface area contributed by atoms with Gasteiger partial charge in [-0.05, 0) is 48.7 Å². The molecule has 0 heterocycles. The van der Waals surface area contributed by atoms with Crippen LogP contribution < -0.4 is 14.4 Å². The molecule has 0 aliphatic heterocycles. The minimum absolute atomic E-state index is 0.0784. The summed E-state index contributed by atoms with van der Waals surface area (Å²) >= 11 is 0. The molecular weight excluding hydrogens is 302 g/mol. The normalized spacial score (nSPS) is 10.3. The first kappa shape index (κ1) is 17.9. The fourth-order valence-electron chi connectivity index (χ4n) is 2.68. The maximum atomic E-state index is 12.8. The van der Waals surface area contributed by atoms with E-state index in [0.29, 0.717) is 24.5 Å². The summed E-state index contributed by atoms with van der Waals surface area (Å²) in [6.07, 6.45) is 1.24. The molecule has 2 rings (SSSR count). The molecule has 0 saturated carbocycles. The summed E-state index contributed by atoms with van der Waals surface area (Å²) < 4.78 is 10.6. The zero-order valence-corrected chi connectivity index (χ0v) is 14.8. The molecule has 0 unspecified atom stereocenters. The highest BCUT2D eigenvalue weighted by Crippen LogP contribution is 2.28. The van der Waals surface area contributed by atoms with Gasteiger partial charge in [-0.25, -0.2) is 0 Å². The summed E-state index contributed by atoms with van der Waals surface area (Å²) in [5.41, 5.74) is 3.00. The second kappa shape index (κ2) is 8.39. The Kier molecular flexibility index (Phi) is 6.24. The molecule has 24 heavy (non-hydrogen) atoms. The van der Waals surface area contributed by atoms with E-state index in [9.17, 15) is 4.79 Å². The Morgan fingerprint density at radius 3 is 2.42 bits per heavy atom.